The molecular weight excluding hydrogens is 441 g/mol. The average molecular weight is 462 g/mol. The first-order chi connectivity index (χ1) is 16.0. The standard InChI is InChI=1S/C25H20FN3O3S/c1-15(30)32-25-22(16-9-11-19(12-10-16)27-24(31)21-6-3-13-33-21)23(17-7-8-17)28-29(25)20-5-2-4-18(26)14-20/h2-6,9-14,17H,7-8H2,1H3,(H,27,31). The van der Waals surface area contributed by atoms with Gasteiger partial charge in [0.1, 0.15) is 5.82 Å². The van der Waals surface area contributed by atoms with Gasteiger partial charge in [0, 0.05) is 18.5 Å². The van der Waals surface area contributed by atoms with E-state index in [1.807, 2.05) is 23.6 Å². The summed E-state index contributed by atoms with van der Waals surface area (Å²) in [6.45, 7) is 1.33. The van der Waals surface area contributed by atoms with Crippen LogP contribution in [0.2, 0.25) is 0 Å². The lowest BCUT2D eigenvalue weighted by molar-refractivity contribution is -0.132. The molecule has 33 heavy (non-hydrogen) atoms. The molecule has 0 bridgehead atoms. The van der Waals surface area contributed by atoms with Crippen molar-refractivity contribution in [3.05, 3.63) is 82.4 Å². The number of hydrogen-bond donors (Lipinski definition) is 1. The second-order valence-corrected chi connectivity index (χ2v) is 8.78. The third kappa shape index (κ3) is 4.42. The van der Waals surface area contributed by atoms with Crippen molar-refractivity contribution in [2.75, 3.05) is 5.32 Å². The highest BCUT2D eigenvalue weighted by Gasteiger charge is 2.34. The Balaban J connectivity index is 1.55. The Kier molecular flexibility index (Phi) is 5.51. The van der Waals surface area contributed by atoms with Crippen LogP contribution in [0.25, 0.3) is 16.8 Å². The first kappa shape index (κ1) is 21.1. The number of nitrogens with one attached hydrogen (secondary N) is 1. The molecule has 2 aromatic carbocycles. The van der Waals surface area contributed by atoms with Gasteiger partial charge in [-0.25, -0.2) is 4.39 Å². The van der Waals surface area contributed by atoms with Crippen molar-refractivity contribution in [1.29, 1.82) is 0 Å². The van der Waals surface area contributed by atoms with E-state index in [1.165, 1.54) is 35.1 Å². The molecule has 166 valence electrons. The van der Waals surface area contributed by atoms with Gasteiger partial charge >= 0.3 is 5.97 Å². The van der Waals surface area contributed by atoms with Crippen molar-refractivity contribution in [2.45, 2.75) is 25.7 Å². The third-order valence-electron chi connectivity index (χ3n) is 5.30. The van der Waals surface area contributed by atoms with Crippen LogP contribution in [0.5, 0.6) is 5.88 Å². The average Bonchev–Trinajstić information content (AvgIpc) is 3.35. The topological polar surface area (TPSA) is 73.2 Å². The summed E-state index contributed by atoms with van der Waals surface area (Å²) in [5.74, 6) is -0.559. The van der Waals surface area contributed by atoms with Crippen LogP contribution in [0.1, 0.15) is 41.0 Å². The first-order valence-corrected chi connectivity index (χ1v) is 11.4. The Morgan fingerprint density at radius 2 is 1.91 bits per heavy atom. The number of amides is 1. The summed E-state index contributed by atoms with van der Waals surface area (Å²) < 4.78 is 21.0. The summed E-state index contributed by atoms with van der Waals surface area (Å²) in [5, 5.41) is 9.45. The molecule has 1 aliphatic rings. The summed E-state index contributed by atoms with van der Waals surface area (Å²) >= 11 is 1.37. The van der Waals surface area contributed by atoms with Gasteiger partial charge < -0.3 is 10.1 Å². The summed E-state index contributed by atoms with van der Waals surface area (Å²) in [5.41, 5.74) is 3.43. The third-order valence-corrected chi connectivity index (χ3v) is 6.17. The molecule has 5 rings (SSSR count). The number of thiophene rings is 1. The van der Waals surface area contributed by atoms with E-state index in [2.05, 4.69) is 5.32 Å². The number of nitrogens with zero attached hydrogens (tertiary/aromatic N) is 2. The molecule has 1 fully saturated rings. The molecule has 0 unspecified atom stereocenters. The fourth-order valence-electron chi connectivity index (χ4n) is 3.67. The van der Waals surface area contributed by atoms with Gasteiger partial charge in [0.25, 0.3) is 5.91 Å². The number of aromatic nitrogens is 2. The van der Waals surface area contributed by atoms with Crippen LogP contribution >= 0.6 is 11.3 Å². The normalized spacial score (nSPS) is 13.0. The summed E-state index contributed by atoms with van der Waals surface area (Å²) in [4.78, 5) is 24.9. The Bertz CT molecular complexity index is 1330. The minimum absolute atomic E-state index is 0.170. The van der Waals surface area contributed by atoms with Crippen LogP contribution in [0.3, 0.4) is 0 Å². The van der Waals surface area contributed by atoms with Gasteiger partial charge in [-0.1, -0.05) is 24.3 Å². The van der Waals surface area contributed by atoms with E-state index < -0.39 is 11.8 Å². The molecule has 4 aromatic rings. The van der Waals surface area contributed by atoms with Crippen LogP contribution in [-0.2, 0) is 4.79 Å². The highest BCUT2D eigenvalue weighted by atomic mass is 32.1. The van der Waals surface area contributed by atoms with Gasteiger partial charge in [-0.2, -0.15) is 9.78 Å². The molecule has 0 spiro atoms. The number of esters is 1. The number of benzene rings is 2. The van der Waals surface area contributed by atoms with Crippen molar-refractivity contribution in [3.8, 4) is 22.7 Å². The smallest absolute Gasteiger partial charge is 0.309 e. The molecule has 2 aromatic heterocycles. The maximum absolute atomic E-state index is 13.9. The number of anilines is 1. The molecule has 8 heteroatoms. The SMILES string of the molecule is CC(=O)Oc1c(-c2ccc(NC(=O)c3cccs3)cc2)c(C2CC2)nn1-c1cccc(F)c1. The summed E-state index contributed by atoms with van der Waals surface area (Å²) in [6.07, 6.45) is 1.98. The zero-order valence-corrected chi connectivity index (χ0v) is 18.6. The second-order valence-electron chi connectivity index (χ2n) is 7.83. The quantitative estimate of drug-likeness (QED) is 0.369. The van der Waals surface area contributed by atoms with Crippen LogP contribution in [-0.4, -0.2) is 21.7 Å². The van der Waals surface area contributed by atoms with Crippen LogP contribution in [0.15, 0.2) is 66.0 Å². The maximum atomic E-state index is 13.9. The molecule has 1 amide bonds. The Hall–Kier alpha value is -3.78. The summed E-state index contributed by atoms with van der Waals surface area (Å²) in [7, 11) is 0. The van der Waals surface area contributed by atoms with Crippen LogP contribution in [0.4, 0.5) is 10.1 Å². The van der Waals surface area contributed by atoms with Gasteiger partial charge in [0.15, 0.2) is 0 Å². The Morgan fingerprint density at radius 1 is 1.12 bits per heavy atom. The van der Waals surface area contributed by atoms with E-state index in [-0.39, 0.29) is 17.7 Å². The van der Waals surface area contributed by atoms with Gasteiger partial charge in [0.2, 0.25) is 5.88 Å². The maximum Gasteiger partial charge on any atom is 0.309 e. The zero-order valence-electron chi connectivity index (χ0n) is 17.7. The molecule has 0 saturated heterocycles. The lowest BCUT2D eigenvalue weighted by Gasteiger charge is -2.10. The van der Waals surface area contributed by atoms with E-state index in [9.17, 15) is 14.0 Å². The van der Waals surface area contributed by atoms with Crippen molar-refractivity contribution in [1.82, 2.24) is 9.78 Å². The number of carbonyl (C=O) groups is 2. The molecular formula is C25H20FN3O3S. The zero-order chi connectivity index (χ0) is 22.9. The minimum Gasteiger partial charge on any atom is -0.407 e. The van der Waals surface area contributed by atoms with E-state index in [4.69, 9.17) is 9.84 Å². The Morgan fingerprint density at radius 3 is 2.55 bits per heavy atom. The van der Waals surface area contributed by atoms with Crippen molar-refractivity contribution in [2.24, 2.45) is 0 Å². The molecule has 1 saturated carbocycles. The number of ether oxygens (including phenoxy) is 1. The van der Waals surface area contributed by atoms with Gasteiger partial charge in [-0.3, -0.25) is 9.59 Å². The van der Waals surface area contributed by atoms with E-state index in [0.29, 0.717) is 21.8 Å². The lowest BCUT2D eigenvalue weighted by atomic mass is 10.0. The predicted octanol–water partition coefficient (Wildman–Crippen LogP) is 5.79. The number of hydrogen-bond acceptors (Lipinski definition) is 5. The first-order valence-electron chi connectivity index (χ1n) is 10.5. The number of halogens is 1. The monoisotopic (exact) mass is 461 g/mol. The number of rotatable bonds is 6. The van der Waals surface area contributed by atoms with Crippen LogP contribution in [0, 0.1) is 5.82 Å². The molecule has 1 N–H and O–H groups in total. The predicted molar refractivity (Wildman–Crippen MR) is 125 cm³/mol. The highest BCUT2D eigenvalue weighted by molar-refractivity contribution is 7.12. The van der Waals surface area contributed by atoms with Crippen molar-refractivity contribution < 1.29 is 18.7 Å². The largest absolute Gasteiger partial charge is 0.407 e. The highest BCUT2D eigenvalue weighted by Crippen LogP contribution is 2.48. The molecule has 0 radical (unpaired) electrons. The number of carbonyl (C=O) groups excluding carboxylic acids is 2. The molecule has 0 aliphatic heterocycles. The van der Waals surface area contributed by atoms with Crippen molar-refractivity contribution in [3.63, 3.8) is 0 Å². The van der Waals surface area contributed by atoms with Crippen molar-refractivity contribution >= 4 is 28.9 Å². The molecule has 6 nitrogen and oxygen atoms in total. The van der Waals surface area contributed by atoms with E-state index in [0.717, 1.165) is 24.1 Å². The Labute approximate surface area is 193 Å². The van der Waals surface area contributed by atoms with Gasteiger partial charge in [-0.15, -0.1) is 11.3 Å². The molecule has 2 heterocycles. The van der Waals surface area contributed by atoms with Crippen LogP contribution < -0.4 is 10.1 Å². The fourth-order valence-corrected chi connectivity index (χ4v) is 4.29. The second kappa shape index (κ2) is 8.63. The minimum atomic E-state index is -0.490. The lowest BCUT2D eigenvalue weighted by Crippen LogP contribution is -2.10. The molecule has 1 aliphatic carbocycles. The van der Waals surface area contributed by atoms with Gasteiger partial charge in [-0.05, 0) is 60.2 Å². The molecule has 0 atom stereocenters. The fraction of sp³-hybridized carbons (Fsp3) is 0.160. The van der Waals surface area contributed by atoms with E-state index in [1.54, 1.807) is 30.3 Å². The van der Waals surface area contributed by atoms with Gasteiger partial charge in [0.05, 0.1) is 21.8 Å². The van der Waals surface area contributed by atoms with E-state index >= 15 is 0 Å². The summed E-state index contributed by atoms with van der Waals surface area (Å²) in [6, 6.07) is 16.9.